The molecular formula is C25H49NO5. The maximum absolute atomic E-state index is 12.3. The Morgan fingerprint density at radius 2 is 1.16 bits per heavy atom. The molecule has 184 valence electrons. The van der Waals surface area contributed by atoms with E-state index < -0.39 is 12.3 Å². The molecule has 1 N–H and O–H groups in total. The predicted octanol–water partition coefficient (Wildman–Crippen LogP) is 5.91. The summed E-state index contributed by atoms with van der Waals surface area (Å²) >= 11 is 0. The number of hydrogen-bond acceptors (Lipinski definition) is 5. The molecule has 0 spiro atoms. The van der Waals surface area contributed by atoms with Crippen LogP contribution in [0.3, 0.4) is 0 Å². The van der Waals surface area contributed by atoms with Crippen molar-refractivity contribution in [2.45, 2.75) is 130 Å². The van der Waals surface area contributed by atoms with Crippen molar-refractivity contribution >= 4 is 11.9 Å². The second-order valence-corrected chi connectivity index (χ2v) is 8.25. The molecule has 0 radical (unpaired) electrons. The molecule has 31 heavy (non-hydrogen) atoms. The van der Waals surface area contributed by atoms with Gasteiger partial charge in [-0.15, -0.1) is 0 Å². The van der Waals surface area contributed by atoms with Gasteiger partial charge in [-0.2, -0.15) is 0 Å². The summed E-state index contributed by atoms with van der Waals surface area (Å²) in [7, 11) is 0. The van der Waals surface area contributed by atoms with Crippen LogP contribution in [0.25, 0.3) is 0 Å². The summed E-state index contributed by atoms with van der Waals surface area (Å²) in [4.78, 5) is 23.5. The highest BCUT2D eigenvalue weighted by Gasteiger charge is 2.25. The fourth-order valence-corrected chi connectivity index (χ4v) is 3.59. The van der Waals surface area contributed by atoms with Crippen molar-refractivity contribution in [3.63, 3.8) is 0 Å². The molecule has 0 saturated carbocycles. The van der Waals surface area contributed by atoms with Crippen LogP contribution in [0.4, 0.5) is 0 Å². The van der Waals surface area contributed by atoms with Crippen molar-refractivity contribution in [1.82, 2.24) is 5.32 Å². The molecule has 0 aromatic heterocycles. The van der Waals surface area contributed by atoms with Crippen molar-refractivity contribution in [3.05, 3.63) is 0 Å². The van der Waals surface area contributed by atoms with E-state index in [4.69, 9.17) is 14.2 Å². The molecule has 1 atom stereocenters. The molecule has 0 fully saturated rings. The van der Waals surface area contributed by atoms with Gasteiger partial charge in [0.25, 0.3) is 0 Å². The van der Waals surface area contributed by atoms with E-state index >= 15 is 0 Å². The molecule has 0 aliphatic heterocycles. The molecule has 0 heterocycles. The first-order chi connectivity index (χ1) is 15.0. The Hall–Kier alpha value is -1.14. The molecule has 0 bridgehead atoms. The van der Waals surface area contributed by atoms with Crippen molar-refractivity contribution < 1.29 is 23.8 Å². The first-order valence-corrected chi connectivity index (χ1v) is 12.7. The molecule has 6 heteroatoms. The molecule has 0 aliphatic carbocycles. The molecule has 0 aromatic rings. The van der Waals surface area contributed by atoms with Crippen LogP contribution in [0.2, 0.25) is 0 Å². The van der Waals surface area contributed by atoms with E-state index in [9.17, 15) is 9.59 Å². The number of carbonyl (C=O) groups excluding carboxylic acids is 2. The van der Waals surface area contributed by atoms with Gasteiger partial charge in [-0.3, -0.25) is 9.59 Å². The molecule has 6 nitrogen and oxygen atoms in total. The number of ether oxygens (including phenoxy) is 3. The lowest BCUT2D eigenvalue weighted by atomic mass is 10.0. The van der Waals surface area contributed by atoms with Gasteiger partial charge in [0, 0.05) is 26.6 Å². The van der Waals surface area contributed by atoms with Gasteiger partial charge in [0.1, 0.15) is 12.6 Å². The van der Waals surface area contributed by atoms with Crippen LogP contribution < -0.4 is 5.32 Å². The van der Waals surface area contributed by atoms with E-state index in [1.54, 1.807) is 0 Å². The van der Waals surface area contributed by atoms with Crippen LogP contribution in [0.1, 0.15) is 118 Å². The van der Waals surface area contributed by atoms with Gasteiger partial charge < -0.3 is 19.5 Å². The topological polar surface area (TPSA) is 73.9 Å². The van der Waals surface area contributed by atoms with Crippen LogP contribution in [-0.2, 0) is 23.8 Å². The van der Waals surface area contributed by atoms with Gasteiger partial charge in [-0.1, -0.05) is 84.0 Å². The third-order valence-corrected chi connectivity index (χ3v) is 5.31. The monoisotopic (exact) mass is 443 g/mol. The Bertz CT molecular complexity index is 424. The third-order valence-electron chi connectivity index (χ3n) is 5.31. The van der Waals surface area contributed by atoms with Crippen LogP contribution in [0, 0.1) is 0 Å². The highest BCUT2D eigenvalue weighted by Crippen LogP contribution is 2.13. The second-order valence-electron chi connectivity index (χ2n) is 8.25. The Balaban J connectivity index is 3.90. The molecule has 0 aromatic carbocycles. The van der Waals surface area contributed by atoms with Crippen molar-refractivity contribution in [1.29, 1.82) is 0 Å². The van der Waals surface area contributed by atoms with Crippen LogP contribution in [0.15, 0.2) is 0 Å². The van der Waals surface area contributed by atoms with Gasteiger partial charge >= 0.3 is 5.97 Å². The summed E-state index contributed by atoms with van der Waals surface area (Å²) < 4.78 is 16.2. The van der Waals surface area contributed by atoms with Crippen molar-refractivity contribution in [3.8, 4) is 0 Å². The van der Waals surface area contributed by atoms with Gasteiger partial charge in [0.15, 0.2) is 6.29 Å². The average Bonchev–Trinajstić information content (AvgIpc) is 2.74. The smallest absolute Gasteiger partial charge is 0.302 e. The number of amides is 1. The Kier molecular flexibility index (Phi) is 21.3. The number of unbranched alkanes of at least 4 members (excludes halogenated alkanes) is 12. The number of esters is 1. The van der Waals surface area contributed by atoms with Crippen molar-refractivity contribution in [2.24, 2.45) is 0 Å². The van der Waals surface area contributed by atoms with Crippen LogP contribution in [-0.4, -0.2) is 44.0 Å². The molecule has 0 aliphatic rings. The fraction of sp³-hybridized carbons (Fsp3) is 0.920. The summed E-state index contributed by atoms with van der Waals surface area (Å²) in [5, 5.41) is 2.92. The summed E-state index contributed by atoms with van der Waals surface area (Å²) in [6.45, 7) is 8.29. The van der Waals surface area contributed by atoms with E-state index in [0.29, 0.717) is 19.6 Å². The Morgan fingerprint density at radius 1 is 0.710 bits per heavy atom. The zero-order valence-electron chi connectivity index (χ0n) is 20.7. The van der Waals surface area contributed by atoms with E-state index in [1.807, 2.05) is 13.8 Å². The Morgan fingerprint density at radius 3 is 1.58 bits per heavy atom. The van der Waals surface area contributed by atoms with Gasteiger partial charge in [-0.25, -0.2) is 0 Å². The SMILES string of the molecule is CCCCCCCCCCCCCCCC(=O)NC(COC(C)=O)C(OCC)OCC. The number of carbonyl (C=O) groups is 2. The lowest BCUT2D eigenvalue weighted by Crippen LogP contribution is -2.49. The van der Waals surface area contributed by atoms with Gasteiger partial charge in [0.2, 0.25) is 5.91 Å². The summed E-state index contributed by atoms with van der Waals surface area (Å²) in [6, 6.07) is -0.502. The van der Waals surface area contributed by atoms with Crippen LogP contribution in [0.5, 0.6) is 0 Å². The molecular weight excluding hydrogens is 394 g/mol. The second kappa shape index (κ2) is 22.1. The largest absolute Gasteiger partial charge is 0.463 e. The fourth-order valence-electron chi connectivity index (χ4n) is 3.59. The van der Waals surface area contributed by atoms with E-state index in [2.05, 4.69) is 12.2 Å². The number of hydrogen-bond donors (Lipinski definition) is 1. The maximum atomic E-state index is 12.3. The minimum Gasteiger partial charge on any atom is -0.463 e. The Labute approximate surface area is 191 Å². The molecule has 0 saturated heterocycles. The minimum atomic E-state index is -0.620. The zero-order chi connectivity index (χ0) is 23.2. The summed E-state index contributed by atoms with van der Waals surface area (Å²) in [5.74, 6) is -0.438. The van der Waals surface area contributed by atoms with Gasteiger partial charge in [-0.05, 0) is 20.3 Å². The molecule has 1 unspecified atom stereocenters. The highest BCUT2D eigenvalue weighted by atomic mass is 16.7. The first kappa shape index (κ1) is 29.9. The van der Waals surface area contributed by atoms with Gasteiger partial charge in [0.05, 0.1) is 0 Å². The van der Waals surface area contributed by atoms with E-state index in [1.165, 1.54) is 77.6 Å². The first-order valence-electron chi connectivity index (χ1n) is 12.7. The summed E-state index contributed by atoms with van der Waals surface area (Å²) in [6.07, 6.45) is 16.5. The lowest BCUT2D eigenvalue weighted by Gasteiger charge is -2.27. The van der Waals surface area contributed by atoms with Crippen molar-refractivity contribution in [2.75, 3.05) is 19.8 Å². The maximum Gasteiger partial charge on any atom is 0.302 e. The molecule has 1 amide bonds. The number of nitrogens with one attached hydrogen (secondary N) is 1. The zero-order valence-corrected chi connectivity index (χ0v) is 20.7. The van der Waals surface area contributed by atoms with E-state index in [0.717, 1.165) is 12.8 Å². The standard InChI is InChI=1S/C25H49NO5/c1-5-8-9-10-11-12-13-14-15-16-17-18-19-20-24(28)26-23(21-31-22(4)27)25(29-6-2)30-7-3/h23,25H,5-21H2,1-4H3,(H,26,28). The average molecular weight is 444 g/mol. The highest BCUT2D eigenvalue weighted by molar-refractivity contribution is 5.76. The third kappa shape index (κ3) is 19.3. The molecule has 0 rings (SSSR count). The quantitative estimate of drug-likeness (QED) is 0.128. The minimum absolute atomic E-state index is 0.0460. The summed E-state index contributed by atoms with van der Waals surface area (Å²) in [5.41, 5.74) is 0. The van der Waals surface area contributed by atoms with E-state index in [-0.39, 0.29) is 18.5 Å². The normalized spacial score (nSPS) is 12.2. The predicted molar refractivity (Wildman–Crippen MR) is 126 cm³/mol. The van der Waals surface area contributed by atoms with Crippen LogP contribution >= 0.6 is 0 Å². The lowest BCUT2D eigenvalue weighted by molar-refractivity contribution is -0.171. The number of rotatable bonds is 22.